The molecular formula is C23H18N4OS2. The number of nitrogens with one attached hydrogen (secondary N) is 1. The number of hydrogen-bond acceptors (Lipinski definition) is 5. The largest absolute Gasteiger partial charge is 0.297 e. The number of carbonyl (C=O) groups is 1. The molecule has 0 atom stereocenters. The Morgan fingerprint density at radius 1 is 1.03 bits per heavy atom. The normalized spacial score (nSPS) is 11.1. The second-order valence-corrected chi connectivity index (χ2v) is 8.91. The van der Waals surface area contributed by atoms with Crippen LogP contribution in [-0.4, -0.2) is 20.7 Å². The minimum Gasteiger partial charge on any atom is -0.297 e. The number of fused-ring (bicyclic) bond motifs is 1. The Morgan fingerprint density at radius 3 is 2.57 bits per heavy atom. The number of amides is 1. The van der Waals surface area contributed by atoms with Crippen molar-refractivity contribution in [3.05, 3.63) is 82.2 Å². The smallest absolute Gasteiger partial charge is 0.267 e. The predicted octanol–water partition coefficient (Wildman–Crippen LogP) is 6.08. The highest BCUT2D eigenvalue weighted by Crippen LogP contribution is 2.31. The van der Waals surface area contributed by atoms with E-state index in [-0.39, 0.29) is 5.91 Å². The molecule has 0 radical (unpaired) electrons. The molecule has 0 unspecified atom stereocenters. The number of rotatable bonds is 4. The summed E-state index contributed by atoms with van der Waals surface area (Å²) in [6.07, 6.45) is 0. The van der Waals surface area contributed by atoms with Crippen molar-refractivity contribution < 1.29 is 4.79 Å². The molecule has 0 spiro atoms. The molecule has 3 aromatic heterocycles. The molecule has 0 aliphatic carbocycles. The van der Waals surface area contributed by atoms with Gasteiger partial charge in [-0.1, -0.05) is 48.0 Å². The van der Waals surface area contributed by atoms with Gasteiger partial charge < -0.3 is 0 Å². The first-order valence-corrected chi connectivity index (χ1v) is 11.2. The molecule has 0 saturated heterocycles. The fraction of sp³-hybridized carbons (Fsp3) is 0.0870. The lowest BCUT2D eigenvalue weighted by atomic mass is 10.1. The number of thiazole rings is 1. The lowest BCUT2D eigenvalue weighted by Crippen LogP contribution is -2.09. The summed E-state index contributed by atoms with van der Waals surface area (Å²) in [4.78, 5) is 19.0. The Kier molecular flexibility index (Phi) is 4.69. The average Bonchev–Trinajstić information content (AvgIpc) is 3.46. The van der Waals surface area contributed by atoms with Gasteiger partial charge in [0.2, 0.25) is 0 Å². The highest BCUT2D eigenvalue weighted by Gasteiger charge is 2.18. The lowest BCUT2D eigenvalue weighted by molar-refractivity contribution is 0.103. The summed E-state index contributed by atoms with van der Waals surface area (Å²) in [5, 5.41) is 11.1. The van der Waals surface area contributed by atoms with E-state index in [2.05, 4.69) is 34.5 Å². The van der Waals surface area contributed by atoms with Crippen LogP contribution >= 0.6 is 22.7 Å². The Bertz CT molecular complexity index is 1350. The summed E-state index contributed by atoms with van der Waals surface area (Å²) in [5.74, 6) is -0.153. The van der Waals surface area contributed by atoms with Crippen molar-refractivity contribution >= 4 is 43.9 Å². The maximum Gasteiger partial charge on any atom is 0.267 e. The third kappa shape index (κ3) is 3.42. The van der Waals surface area contributed by atoms with E-state index >= 15 is 0 Å². The number of benzene rings is 2. The lowest BCUT2D eigenvalue weighted by Gasteiger charge is -2.01. The van der Waals surface area contributed by atoms with E-state index in [4.69, 9.17) is 0 Å². The average molecular weight is 431 g/mol. The second-order valence-electron chi connectivity index (χ2n) is 7.02. The monoisotopic (exact) mass is 430 g/mol. The van der Waals surface area contributed by atoms with Crippen LogP contribution in [-0.2, 0) is 0 Å². The molecule has 3 heterocycles. The topological polar surface area (TPSA) is 59.8 Å². The van der Waals surface area contributed by atoms with Crippen molar-refractivity contribution in [2.75, 3.05) is 5.32 Å². The second kappa shape index (κ2) is 7.51. The summed E-state index contributed by atoms with van der Waals surface area (Å²) in [5.41, 5.74) is 4.99. The van der Waals surface area contributed by atoms with Crippen molar-refractivity contribution in [3.63, 3.8) is 0 Å². The van der Waals surface area contributed by atoms with Crippen LogP contribution in [0.4, 0.5) is 5.13 Å². The molecule has 2 aromatic carbocycles. The van der Waals surface area contributed by atoms with Crippen LogP contribution in [0, 0.1) is 13.8 Å². The first-order chi connectivity index (χ1) is 14.6. The summed E-state index contributed by atoms with van der Waals surface area (Å²) >= 11 is 2.86. The van der Waals surface area contributed by atoms with E-state index < -0.39 is 0 Å². The van der Waals surface area contributed by atoms with E-state index in [9.17, 15) is 4.79 Å². The number of hydrogen-bond donors (Lipinski definition) is 1. The van der Waals surface area contributed by atoms with Gasteiger partial charge in [-0.15, -0.1) is 22.7 Å². The van der Waals surface area contributed by atoms with Gasteiger partial charge in [-0.2, -0.15) is 5.10 Å². The zero-order valence-corrected chi connectivity index (χ0v) is 18.1. The molecule has 30 heavy (non-hydrogen) atoms. The number of aromatic nitrogens is 3. The van der Waals surface area contributed by atoms with Crippen LogP contribution < -0.4 is 5.32 Å². The molecule has 0 aliphatic heterocycles. The first kappa shape index (κ1) is 18.7. The zero-order chi connectivity index (χ0) is 20.7. The van der Waals surface area contributed by atoms with Gasteiger partial charge in [0, 0.05) is 16.3 Å². The van der Waals surface area contributed by atoms with E-state index in [1.165, 1.54) is 28.2 Å². The van der Waals surface area contributed by atoms with Gasteiger partial charge in [0.25, 0.3) is 5.91 Å². The summed E-state index contributed by atoms with van der Waals surface area (Å²) in [6, 6.07) is 20.1. The minimum absolute atomic E-state index is 0.153. The quantitative estimate of drug-likeness (QED) is 0.376. The Balaban J connectivity index is 1.41. The van der Waals surface area contributed by atoms with Crippen LogP contribution in [0.15, 0.2) is 66.0 Å². The number of para-hydroxylation sites is 1. The van der Waals surface area contributed by atoms with E-state index in [1.54, 1.807) is 0 Å². The van der Waals surface area contributed by atoms with E-state index in [0.717, 1.165) is 32.9 Å². The maximum absolute atomic E-state index is 12.9. The van der Waals surface area contributed by atoms with Crippen LogP contribution in [0.5, 0.6) is 0 Å². The fourth-order valence-electron chi connectivity index (χ4n) is 3.25. The van der Waals surface area contributed by atoms with Crippen LogP contribution in [0.1, 0.15) is 20.9 Å². The molecule has 0 fully saturated rings. The number of aryl methyl sites for hydroxylation is 2. The predicted molar refractivity (Wildman–Crippen MR) is 124 cm³/mol. The van der Waals surface area contributed by atoms with Crippen LogP contribution in [0.25, 0.3) is 27.2 Å². The molecule has 0 saturated carbocycles. The molecule has 5 aromatic rings. The molecule has 0 bridgehead atoms. The van der Waals surface area contributed by atoms with Gasteiger partial charge in [0.1, 0.15) is 4.83 Å². The molecule has 7 heteroatoms. The summed E-state index contributed by atoms with van der Waals surface area (Å²) in [7, 11) is 0. The van der Waals surface area contributed by atoms with Crippen molar-refractivity contribution in [2.24, 2.45) is 0 Å². The first-order valence-electron chi connectivity index (χ1n) is 9.47. The van der Waals surface area contributed by atoms with Crippen molar-refractivity contribution in [1.82, 2.24) is 14.8 Å². The van der Waals surface area contributed by atoms with Crippen LogP contribution in [0.3, 0.4) is 0 Å². The van der Waals surface area contributed by atoms with Crippen molar-refractivity contribution in [1.29, 1.82) is 0 Å². The molecule has 5 nitrogen and oxygen atoms in total. The maximum atomic E-state index is 12.9. The van der Waals surface area contributed by atoms with Crippen molar-refractivity contribution in [2.45, 2.75) is 13.8 Å². The van der Waals surface area contributed by atoms with E-state index in [0.29, 0.717) is 10.0 Å². The van der Waals surface area contributed by atoms with Crippen molar-refractivity contribution in [3.8, 4) is 16.9 Å². The number of carbonyl (C=O) groups excluding carboxylic acids is 1. The van der Waals surface area contributed by atoms with Gasteiger partial charge in [-0.05, 0) is 32.0 Å². The molecule has 1 N–H and O–H groups in total. The van der Waals surface area contributed by atoms with E-state index in [1.807, 2.05) is 65.5 Å². The van der Waals surface area contributed by atoms with Gasteiger partial charge in [-0.25, -0.2) is 9.67 Å². The highest BCUT2D eigenvalue weighted by molar-refractivity contribution is 7.20. The molecule has 5 rings (SSSR count). The summed E-state index contributed by atoms with van der Waals surface area (Å²) < 4.78 is 1.89. The third-order valence-corrected chi connectivity index (χ3v) is 6.71. The van der Waals surface area contributed by atoms with Gasteiger partial charge in [-0.3, -0.25) is 10.1 Å². The molecular weight excluding hydrogens is 412 g/mol. The van der Waals surface area contributed by atoms with Gasteiger partial charge in [0.15, 0.2) is 5.13 Å². The molecule has 0 aliphatic rings. The Hall–Kier alpha value is -3.29. The standard InChI is InChI=1S/C23H18N4OS2/c1-14-8-10-16(11-9-14)19-13-29-23(24-19)25-21(28)20-12-18-15(2)26-27(22(18)30-20)17-6-4-3-5-7-17/h3-13H,1-2H3,(H,24,25,28). The zero-order valence-electron chi connectivity index (χ0n) is 16.4. The molecule has 148 valence electrons. The SMILES string of the molecule is Cc1ccc(-c2csc(NC(=O)c3cc4c(C)nn(-c5ccccc5)c4s3)n2)cc1. The number of anilines is 1. The summed E-state index contributed by atoms with van der Waals surface area (Å²) in [6.45, 7) is 4.02. The Labute approximate surface area is 181 Å². The fourth-order valence-corrected chi connectivity index (χ4v) is 5.04. The van der Waals surface area contributed by atoms with Gasteiger partial charge in [0.05, 0.1) is 22.0 Å². The number of thiophene rings is 1. The number of nitrogens with zero attached hydrogens (tertiary/aromatic N) is 3. The highest BCUT2D eigenvalue weighted by atomic mass is 32.1. The third-order valence-electron chi connectivity index (χ3n) is 4.84. The van der Waals surface area contributed by atoms with Crippen LogP contribution in [0.2, 0.25) is 0 Å². The Morgan fingerprint density at radius 2 is 1.80 bits per heavy atom. The van der Waals surface area contributed by atoms with Gasteiger partial charge >= 0.3 is 0 Å². The molecule has 1 amide bonds. The minimum atomic E-state index is -0.153.